The van der Waals surface area contributed by atoms with Gasteiger partial charge in [-0.25, -0.2) is 28.1 Å². The van der Waals surface area contributed by atoms with Crippen molar-refractivity contribution >= 4 is 29.1 Å². The lowest BCUT2D eigenvalue weighted by Gasteiger charge is -2.28. The average Bonchev–Trinajstić information content (AvgIpc) is 3.52. The van der Waals surface area contributed by atoms with Crippen LogP contribution in [-0.2, 0) is 9.53 Å². The predicted molar refractivity (Wildman–Crippen MR) is 130 cm³/mol. The predicted octanol–water partition coefficient (Wildman–Crippen LogP) is 3.25. The van der Waals surface area contributed by atoms with Crippen LogP contribution in [0, 0.1) is 29.3 Å². The zero-order valence-electron chi connectivity index (χ0n) is 20.1. The fourth-order valence-corrected chi connectivity index (χ4v) is 5.27. The monoisotopic (exact) mass is 518 g/mol. The van der Waals surface area contributed by atoms with E-state index in [9.17, 15) is 18.0 Å². The summed E-state index contributed by atoms with van der Waals surface area (Å²) in [6.45, 7) is 1.19. The number of aliphatic imine (C=N–C) groups is 1. The fraction of sp³-hybridized carbons (Fsp3) is 0.520. The van der Waals surface area contributed by atoms with Gasteiger partial charge in [0.2, 0.25) is 11.9 Å². The number of aliphatic hydroxyl groups is 1. The lowest BCUT2D eigenvalue weighted by Crippen LogP contribution is -2.37. The fourth-order valence-electron chi connectivity index (χ4n) is 5.27. The summed E-state index contributed by atoms with van der Waals surface area (Å²) >= 11 is 0. The number of amidine groups is 1. The number of amides is 1. The molecule has 1 unspecified atom stereocenters. The van der Waals surface area contributed by atoms with Gasteiger partial charge in [-0.1, -0.05) is 0 Å². The Labute approximate surface area is 211 Å². The summed E-state index contributed by atoms with van der Waals surface area (Å²) in [6.07, 6.45) is 5.32. The zero-order valence-corrected chi connectivity index (χ0v) is 20.1. The Morgan fingerprint density at radius 2 is 1.92 bits per heavy atom. The summed E-state index contributed by atoms with van der Waals surface area (Å²) in [7, 11) is 0. The van der Waals surface area contributed by atoms with Crippen LogP contribution in [-0.4, -0.2) is 59.2 Å². The second kappa shape index (κ2) is 11.0. The highest BCUT2D eigenvalue weighted by Crippen LogP contribution is 2.41. The van der Waals surface area contributed by atoms with E-state index < -0.39 is 29.1 Å². The number of aromatic nitrogens is 2. The number of nitrogens with one attached hydrogen (secondary N) is 3. The molecule has 1 saturated heterocycles. The molecule has 1 saturated carbocycles. The van der Waals surface area contributed by atoms with E-state index in [1.165, 1.54) is 0 Å². The van der Waals surface area contributed by atoms with Crippen molar-refractivity contribution in [2.75, 3.05) is 37.0 Å². The summed E-state index contributed by atoms with van der Waals surface area (Å²) in [5.74, 6) is -2.94. The third-order valence-corrected chi connectivity index (χ3v) is 7.16. The second-order valence-electron chi connectivity index (χ2n) is 9.64. The van der Waals surface area contributed by atoms with Gasteiger partial charge in [-0.05, 0) is 38.0 Å². The van der Waals surface area contributed by atoms with E-state index in [4.69, 9.17) is 14.8 Å². The largest absolute Gasteiger partial charge is 0.395 e. The Morgan fingerprint density at radius 1 is 1.16 bits per heavy atom. The molecular formula is C25H29F3N6O3. The SMILES string of the molecule is O=C(NCCO)C1CCC(Nc2ncc3c(n2)[C@H](C2CCOC2)C(=Nc2c(F)cc(F)cc2F)N3)CC1. The van der Waals surface area contributed by atoms with Crippen LogP contribution in [0.5, 0.6) is 0 Å². The van der Waals surface area contributed by atoms with E-state index in [-0.39, 0.29) is 36.9 Å². The highest BCUT2D eigenvalue weighted by molar-refractivity contribution is 6.07. The van der Waals surface area contributed by atoms with Crippen molar-refractivity contribution in [3.63, 3.8) is 0 Å². The number of benzene rings is 1. The first-order valence-corrected chi connectivity index (χ1v) is 12.5. The minimum Gasteiger partial charge on any atom is -0.395 e. The van der Waals surface area contributed by atoms with E-state index in [1.54, 1.807) is 6.20 Å². The number of hydrogen-bond donors (Lipinski definition) is 4. The van der Waals surface area contributed by atoms with E-state index in [0.29, 0.717) is 48.5 Å². The standard InChI is InChI=1S/C25H29F3N6O3/c26-15-9-17(27)21(18(28)10-15)33-23-20(14-5-8-37-12-14)22-19(32-23)11-30-25(34-22)31-16-3-1-13(2-4-16)24(36)29-6-7-35/h9-11,13-14,16,20,35H,1-8,12H2,(H,29,36)(H,32,33)(H,30,31,34)/t13?,14?,16?,20-/m0/s1. The number of halogens is 3. The first-order valence-electron chi connectivity index (χ1n) is 12.5. The van der Waals surface area contributed by atoms with Crippen LogP contribution in [0.4, 0.5) is 30.5 Å². The third kappa shape index (κ3) is 5.54. The molecule has 0 bridgehead atoms. The van der Waals surface area contributed by atoms with Gasteiger partial charge in [0, 0.05) is 37.2 Å². The van der Waals surface area contributed by atoms with Crippen molar-refractivity contribution in [1.82, 2.24) is 15.3 Å². The number of hydrogen-bond acceptors (Lipinski definition) is 7. The summed E-state index contributed by atoms with van der Waals surface area (Å²) in [4.78, 5) is 25.5. The lowest BCUT2D eigenvalue weighted by atomic mass is 9.85. The Kier molecular flexibility index (Phi) is 7.56. The van der Waals surface area contributed by atoms with Crippen molar-refractivity contribution < 1.29 is 27.8 Å². The molecule has 198 valence electrons. The zero-order chi connectivity index (χ0) is 25.9. The van der Waals surface area contributed by atoms with E-state index in [0.717, 1.165) is 32.1 Å². The minimum absolute atomic E-state index is 0.00491. The summed E-state index contributed by atoms with van der Waals surface area (Å²) < 4.78 is 47.7. The minimum atomic E-state index is -1.08. The number of rotatable bonds is 7. The molecule has 3 aliphatic rings. The van der Waals surface area contributed by atoms with Crippen molar-refractivity contribution in [2.45, 2.75) is 44.1 Å². The number of carbonyl (C=O) groups excluding carboxylic acids is 1. The number of fused-ring (bicyclic) bond motifs is 1. The molecule has 1 aromatic heterocycles. The molecular weight excluding hydrogens is 489 g/mol. The second-order valence-corrected chi connectivity index (χ2v) is 9.64. The van der Waals surface area contributed by atoms with Crippen molar-refractivity contribution in [1.29, 1.82) is 0 Å². The Hall–Kier alpha value is -3.25. The van der Waals surface area contributed by atoms with Crippen molar-refractivity contribution in [3.8, 4) is 0 Å². The van der Waals surface area contributed by atoms with E-state index in [1.807, 2.05) is 0 Å². The quantitative estimate of drug-likeness (QED) is 0.444. The number of anilines is 2. The molecule has 1 amide bonds. The van der Waals surface area contributed by atoms with Gasteiger partial charge in [0.1, 0.15) is 17.3 Å². The lowest BCUT2D eigenvalue weighted by molar-refractivity contribution is -0.126. The maximum absolute atomic E-state index is 14.3. The molecule has 2 atom stereocenters. The average molecular weight is 519 g/mol. The van der Waals surface area contributed by atoms with Crippen LogP contribution < -0.4 is 16.0 Å². The molecule has 37 heavy (non-hydrogen) atoms. The Balaban J connectivity index is 1.34. The molecule has 4 N–H and O–H groups in total. The highest BCUT2D eigenvalue weighted by Gasteiger charge is 2.39. The van der Waals surface area contributed by atoms with Crippen molar-refractivity contribution in [2.24, 2.45) is 16.8 Å². The first-order chi connectivity index (χ1) is 17.9. The maximum atomic E-state index is 14.3. The molecule has 12 heteroatoms. The number of aliphatic hydroxyl groups excluding tert-OH is 1. The van der Waals surface area contributed by atoms with Crippen LogP contribution in [0.15, 0.2) is 23.3 Å². The molecule has 0 spiro atoms. The Bertz CT molecular complexity index is 1160. The number of nitrogens with zero attached hydrogens (tertiary/aromatic N) is 3. The molecule has 1 aromatic carbocycles. The van der Waals surface area contributed by atoms with Crippen LogP contribution in [0.3, 0.4) is 0 Å². The molecule has 5 rings (SSSR count). The molecule has 0 radical (unpaired) electrons. The van der Waals surface area contributed by atoms with Gasteiger partial charge in [0.05, 0.1) is 36.7 Å². The molecule has 1 aliphatic carbocycles. The van der Waals surface area contributed by atoms with Crippen LogP contribution >= 0.6 is 0 Å². The molecule has 9 nitrogen and oxygen atoms in total. The van der Waals surface area contributed by atoms with Gasteiger partial charge in [-0.2, -0.15) is 0 Å². The van der Waals surface area contributed by atoms with Gasteiger partial charge >= 0.3 is 0 Å². The molecule has 2 fully saturated rings. The van der Waals surface area contributed by atoms with Crippen LogP contribution in [0.25, 0.3) is 0 Å². The van der Waals surface area contributed by atoms with Gasteiger partial charge in [-0.15, -0.1) is 0 Å². The summed E-state index contributed by atoms with van der Waals surface area (Å²) in [5.41, 5.74) is 0.687. The van der Waals surface area contributed by atoms with Gasteiger partial charge in [0.15, 0.2) is 11.6 Å². The third-order valence-electron chi connectivity index (χ3n) is 7.16. The van der Waals surface area contributed by atoms with E-state index in [2.05, 4.69) is 25.9 Å². The van der Waals surface area contributed by atoms with Crippen LogP contribution in [0.1, 0.15) is 43.7 Å². The summed E-state index contributed by atoms with van der Waals surface area (Å²) in [5, 5.41) is 18.1. The van der Waals surface area contributed by atoms with E-state index >= 15 is 0 Å². The molecule has 2 aromatic rings. The van der Waals surface area contributed by atoms with Gasteiger partial charge in [-0.3, -0.25) is 4.79 Å². The number of ether oxygens (including phenoxy) is 1. The molecule has 2 aliphatic heterocycles. The smallest absolute Gasteiger partial charge is 0.223 e. The van der Waals surface area contributed by atoms with Crippen LogP contribution in [0.2, 0.25) is 0 Å². The summed E-state index contributed by atoms with van der Waals surface area (Å²) in [6, 6.07) is 1.30. The number of carbonyl (C=O) groups is 1. The van der Waals surface area contributed by atoms with Gasteiger partial charge in [0.25, 0.3) is 0 Å². The van der Waals surface area contributed by atoms with Gasteiger partial charge < -0.3 is 25.8 Å². The van der Waals surface area contributed by atoms with Crippen molar-refractivity contribution in [3.05, 3.63) is 41.5 Å². The topological polar surface area (TPSA) is 121 Å². The first kappa shape index (κ1) is 25.4. The Morgan fingerprint density at radius 3 is 2.59 bits per heavy atom. The maximum Gasteiger partial charge on any atom is 0.223 e. The molecule has 3 heterocycles. The highest BCUT2D eigenvalue weighted by atomic mass is 19.1. The normalized spacial score (nSPS) is 26.1.